The molecular formula is C14H18N2O. The Balaban J connectivity index is 2.19. The molecule has 0 N–H and O–H groups in total. The lowest BCUT2D eigenvalue weighted by molar-refractivity contribution is 0.112. The number of hydrogen-bond acceptors (Lipinski definition) is 2. The van der Waals surface area contributed by atoms with Crippen molar-refractivity contribution in [1.82, 2.24) is 9.55 Å². The van der Waals surface area contributed by atoms with Crippen LogP contribution >= 0.6 is 0 Å². The average Bonchev–Trinajstić information content (AvgIpc) is 2.73. The van der Waals surface area contributed by atoms with Crippen LogP contribution in [0.3, 0.4) is 0 Å². The fraction of sp³-hybridized carbons (Fsp3) is 0.429. The lowest BCUT2D eigenvalue weighted by Gasteiger charge is -2.03. The van der Waals surface area contributed by atoms with Crippen molar-refractivity contribution in [3.05, 3.63) is 30.1 Å². The van der Waals surface area contributed by atoms with Gasteiger partial charge in [-0.15, -0.1) is 0 Å². The number of hydrogen-bond donors (Lipinski definition) is 0. The van der Waals surface area contributed by atoms with Crippen LogP contribution in [0.25, 0.3) is 11.0 Å². The van der Waals surface area contributed by atoms with Crippen molar-refractivity contribution < 1.29 is 4.79 Å². The maximum atomic E-state index is 11.0. The standard InChI is InChI=1S/C14H18N2O/c1-2-3-4-5-9-16-10-12(11-17)13-7-6-8-15-14(13)16/h6-8,10-11H,2-5,9H2,1H3. The molecule has 0 unspecified atom stereocenters. The minimum Gasteiger partial charge on any atom is -0.332 e. The van der Waals surface area contributed by atoms with Crippen LogP contribution in [0.1, 0.15) is 43.0 Å². The molecule has 17 heavy (non-hydrogen) atoms. The Kier molecular flexibility index (Phi) is 3.91. The van der Waals surface area contributed by atoms with Gasteiger partial charge in [-0.3, -0.25) is 4.79 Å². The van der Waals surface area contributed by atoms with Crippen LogP contribution in [-0.2, 0) is 6.54 Å². The van der Waals surface area contributed by atoms with Gasteiger partial charge in [0.25, 0.3) is 0 Å². The molecule has 0 saturated heterocycles. The highest BCUT2D eigenvalue weighted by molar-refractivity contribution is 5.95. The average molecular weight is 230 g/mol. The first-order valence-electron chi connectivity index (χ1n) is 6.26. The highest BCUT2D eigenvalue weighted by Gasteiger charge is 2.07. The Morgan fingerprint density at radius 3 is 3.00 bits per heavy atom. The summed E-state index contributed by atoms with van der Waals surface area (Å²) in [5.41, 5.74) is 1.66. The zero-order valence-electron chi connectivity index (χ0n) is 10.2. The minimum atomic E-state index is 0.739. The number of aromatic nitrogens is 2. The highest BCUT2D eigenvalue weighted by atomic mass is 16.1. The van der Waals surface area contributed by atoms with E-state index in [1.165, 1.54) is 19.3 Å². The van der Waals surface area contributed by atoms with Crippen LogP contribution in [-0.4, -0.2) is 15.8 Å². The first-order chi connectivity index (χ1) is 8.36. The van der Waals surface area contributed by atoms with E-state index < -0.39 is 0 Å². The van der Waals surface area contributed by atoms with Gasteiger partial charge in [0.05, 0.1) is 0 Å². The zero-order chi connectivity index (χ0) is 12.1. The Bertz CT molecular complexity index is 502. The number of carbonyl (C=O) groups is 1. The van der Waals surface area contributed by atoms with Crippen molar-refractivity contribution in [1.29, 1.82) is 0 Å². The van der Waals surface area contributed by atoms with Gasteiger partial charge < -0.3 is 4.57 Å². The summed E-state index contributed by atoms with van der Waals surface area (Å²) >= 11 is 0. The molecule has 0 spiro atoms. The third-order valence-electron chi connectivity index (χ3n) is 3.04. The molecule has 2 aromatic heterocycles. The zero-order valence-corrected chi connectivity index (χ0v) is 10.2. The van der Waals surface area contributed by atoms with Crippen molar-refractivity contribution in [2.75, 3.05) is 0 Å². The van der Waals surface area contributed by atoms with E-state index in [0.29, 0.717) is 0 Å². The maximum absolute atomic E-state index is 11.0. The van der Waals surface area contributed by atoms with Gasteiger partial charge >= 0.3 is 0 Å². The second kappa shape index (κ2) is 5.62. The molecule has 2 heterocycles. The molecule has 3 heteroatoms. The Morgan fingerprint density at radius 1 is 1.35 bits per heavy atom. The monoisotopic (exact) mass is 230 g/mol. The fourth-order valence-corrected chi connectivity index (χ4v) is 2.12. The predicted octanol–water partition coefficient (Wildman–Crippen LogP) is 3.43. The van der Waals surface area contributed by atoms with Gasteiger partial charge in [-0.05, 0) is 18.6 Å². The van der Waals surface area contributed by atoms with E-state index in [1.807, 2.05) is 18.3 Å². The molecule has 90 valence electrons. The highest BCUT2D eigenvalue weighted by Crippen LogP contribution is 2.18. The molecular weight excluding hydrogens is 212 g/mol. The van der Waals surface area contributed by atoms with E-state index in [-0.39, 0.29) is 0 Å². The summed E-state index contributed by atoms with van der Waals surface area (Å²) in [6.07, 6.45) is 9.49. The second-order valence-corrected chi connectivity index (χ2v) is 4.33. The summed E-state index contributed by atoms with van der Waals surface area (Å²) in [5.74, 6) is 0. The third-order valence-corrected chi connectivity index (χ3v) is 3.04. The van der Waals surface area contributed by atoms with Gasteiger partial charge in [-0.1, -0.05) is 26.2 Å². The summed E-state index contributed by atoms with van der Waals surface area (Å²) in [6, 6.07) is 3.82. The third kappa shape index (κ3) is 2.54. The molecule has 0 aliphatic rings. The summed E-state index contributed by atoms with van der Waals surface area (Å²) in [6.45, 7) is 3.15. The van der Waals surface area contributed by atoms with Crippen molar-refractivity contribution in [2.24, 2.45) is 0 Å². The van der Waals surface area contributed by atoms with Crippen molar-refractivity contribution >= 4 is 17.3 Å². The quantitative estimate of drug-likeness (QED) is 0.563. The van der Waals surface area contributed by atoms with Gasteiger partial charge in [0.15, 0.2) is 6.29 Å². The number of aldehydes is 1. The van der Waals surface area contributed by atoms with Gasteiger partial charge in [-0.2, -0.15) is 0 Å². The lowest BCUT2D eigenvalue weighted by atomic mass is 10.2. The lowest BCUT2D eigenvalue weighted by Crippen LogP contribution is -1.97. The molecule has 0 bridgehead atoms. The van der Waals surface area contributed by atoms with Crippen molar-refractivity contribution in [3.63, 3.8) is 0 Å². The first kappa shape index (κ1) is 11.8. The number of pyridine rings is 1. The summed E-state index contributed by atoms with van der Waals surface area (Å²) < 4.78 is 2.09. The summed E-state index contributed by atoms with van der Waals surface area (Å²) in [5, 5.41) is 0.956. The van der Waals surface area contributed by atoms with Gasteiger partial charge in [0.1, 0.15) is 5.65 Å². The first-order valence-corrected chi connectivity index (χ1v) is 6.26. The molecule has 0 atom stereocenters. The van der Waals surface area contributed by atoms with Gasteiger partial charge in [0.2, 0.25) is 0 Å². The Labute approximate surface area is 101 Å². The van der Waals surface area contributed by atoms with Crippen LogP contribution in [0.2, 0.25) is 0 Å². The van der Waals surface area contributed by atoms with Crippen LogP contribution < -0.4 is 0 Å². The van der Waals surface area contributed by atoms with E-state index in [4.69, 9.17) is 0 Å². The van der Waals surface area contributed by atoms with Crippen molar-refractivity contribution in [3.8, 4) is 0 Å². The Hall–Kier alpha value is -1.64. The number of rotatable bonds is 6. The van der Waals surface area contributed by atoms with Crippen molar-refractivity contribution in [2.45, 2.75) is 39.2 Å². The molecule has 0 radical (unpaired) electrons. The number of carbonyl (C=O) groups excluding carboxylic acids is 1. The molecule has 0 aliphatic carbocycles. The molecule has 0 amide bonds. The number of fused-ring (bicyclic) bond motifs is 1. The molecule has 0 fully saturated rings. The summed E-state index contributed by atoms with van der Waals surface area (Å²) in [7, 11) is 0. The van der Waals surface area contributed by atoms with Gasteiger partial charge in [0, 0.05) is 29.9 Å². The van der Waals surface area contributed by atoms with E-state index in [9.17, 15) is 4.79 Å². The van der Waals surface area contributed by atoms with Crippen LogP contribution in [0.5, 0.6) is 0 Å². The molecule has 2 aromatic rings. The van der Waals surface area contributed by atoms with E-state index in [1.54, 1.807) is 6.20 Å². The largest absolute Gasteiger partial charge is 0.332 e. The number of aryl methyl sites for hydroxylation is 1. The van der Waals surface area contributed by atoms with Crippen LogP contribution in [0.4, 0.5) is 0 Å². The smallest absolute Gasteiger partial charge is 0.152 e. The normalized spacial score (nSPS) is 10.9. The van der Waals surface area contributed by atoms with Gasteiger partial charge in [-0.25, -0.2) is 4.98 Å². The Morgan fingerprint density at radius 2 is 2.24 bits per heavy atom. The number of unbranched alkanes of at least 4 members (excludes halogenated alkanes) is 3. The minimum absolute atomic E-state index is 0.739. The van der Waals surface area contributed by atoms with Crippen LogP contribution in [0, 0.1) is 0 Å². The molecule has 2 rings (SSSR count). The molecule has 3 nitrogen and oxygen atoms in total. The second-order valence-electron chi connectivity index (χ2n) is 4.33. The molecule has 0 aromatic carbocycles. The van der Waals surface area contributed by atoms with Crippen LogP contribution in [0.15, 0.2) is 24.5 Å². The maximum Gasteiger partial charge on any atom is 0.152 e. The van der Waals surface area contributed by atoms with E-state index in [2.05, 4.69) is 16.5 Å². The SMILES string of the molecule is CCCCCCn1cc(C=O)c2cccnc21. The topological polar surface area (TPSA) is 34.9 Å². The number of nitrogens with zero attached hydrogens (tertiary/aromatic N) is 2. The summed E-state index contributed by atoms with van der Waals surface area (Å²) in [4.78, 5) is 15.3. The van der Waals surface area contributed by atoms with E-state index >= 15 is 0 Å². The predicted molar refractivity (Wildman–Crippen MR) is 69.3 cm³/mol. The fourth-order valence-electron chi connectivity index (χ4n) is 2.12. The molecule has 0 aliphatic heterocycles. The molecule has 0 saturated carbocycles. The van der Waals surface area contributed by atoms with E-state index in [0.717, 1.165) is 35.8 Å².